The number of halogens is 1. The Balaban J connectivity index is 1.96. The van der Waals surface area contributed by atoms with E-state index >= 15 is 0 Å². The molecule has 4 aromatic heterocycles. The fourth-order valence-electron chi connectivity index (χ4n) is 2.98. The molecule has 0 aliphatic heterocycles. The Morgan fingerprint density at radius 3 is 2.92 bits per heavy atom. The summed E-state index contributed by atoms with van der Waals surface area (Å²) in [7, 11) is 0. The van der Waals surface area contributed by atoms with E-state index in [1.165, 1.54) is 6.07 Å². The number of hydrogen-bond donors (Lipinski definition) is 2. The molecule has 0 radical (unpaired) electrons. The topological polar surface area (TPSA) is 75.2 Å². The predicted molar refractivity (Wildman–Crippen MR) is 88.3 cm³/mol. The fourth-order valence-corrected chi connectivity index (χ4v) is 2.98. The van der Waals surface area contributed by atoms with Gasteiger partial charge in [-0.05, 0) is 18.2 Å². The van der Waals surface area contributed by atoms with Crippen molar-refractivity contribution in [2.75, 3.05) is 0 Å². The lowest BCUT2D eigenvalue weighted by Gasteiger charge is -2.08. The molecule has 4 heterocycles. The first kappa shape index (κ1) is 12.0. The number of imidazole rings is 1. The van der Waals surface area contributed by atoms with Crippen molar-refractivity contribution in [1.29, 1.82) is 0 Å². The maximum atomic E-state index is 14.4. The number of aromatic nitrogens is 6. The van der Waals surface area contributed by atoms with Gasteiger partial charge in [-0.25, -0.2) is 14.4 Å². The van der Waals surface area contributed by atoms with Gasteiger partial charge in [-0.1, -0.05) is 12.1 Å². The van der Waals surface area contributed by atoms with E-state index in [0.717, 1.165) is 16.0 Å². The van der Waals surface area contributed by atoms with Crippen molar-refractivity contribution in [1.82, 2.24) is 29.7 Å². The number of nitrogens with zero attached hydrogens (tertiary/aromatic N) is 4. The van der Waals surface area contributed by atoms with Gasteiger partial charge in [0.25, 0.3) is 0 Å². The minimum Gasteiger partial charge on any atom is -0.346 e. The van der Waals surface area contributed by atoms with Crippen LogP contribution in [0.1, 0.15) is 0 Å². The van der Waals surface area contributed by atoms with Crippen molar-refractivity contribution >= 4 is 22.1 Å². The largest absolute Gasteiger partial charge is 0.346 e. The van der Waals surface area contributed by atoms with Crippen molar-refractivity contribution in [2.45, 2.75) is 0 Å². The van der Waals surface area contributed by atoms with Crippen molar-refractivity contribution in [3.05, 3.63) is 60.9 Å². The Labute approximate surface area is 136 Å². The normalized spacial score (nSPS) is 12.1. The molecule has 0 saturated heterocycles. The summed E-state index contributed by atoms with van der Waals surface area (Å²) in [5.41, 5.74) is 3.15. The highest BCUT2D eigenvalue weighted by molar-refractivity contribution is 6.03. The van der Waals surface area contributed by atoms with Gasteiger partial charge in [-0.3, -0.25) is 9.66 Å². The van der Waals surface area contributed by atoms with Crippen LogP contribution >= 0.6 is 0 Å². The number of nitrogens with one attached hydrogen (secondary N) is 2. The third-order valence-electron chi connectivity index (χ3n) is 4.02. The lowest BCUT2D eigenvalue weighted by atomic mass is 10.2. The maximum absolute atomic E-state index is 14.4. The Bertz CT molecular complexity index is 1230. The van der Waals surface area contributed by atoms with Crippen molar-refractivity contribution in [2.24, 2.45) is 0 Å². The molecule has 0 aliphatic carbocycles. The fraction of sp³-hybridized carbons (Fsp3) is 0. The summed E-state index contributed by atoms with van der Waals surface area (Å²) in [6.07, 6.45) is 6.55. The van der Waals surface area contributed by atoms with E-state index in [1.807, 2.05) is 10.6 Å². The van der Waals surface area contributed by atoms with E-state index in [-0.39, 0.29) is 5.82 Å². The molecule has 6 nitrogen and oxygen atoms in total. The first-order valence-electron chi connectivity index (χ1n) is 7.81. The Morgan fingerprint density at radius 1 is 1.17 bits per heavy atom. The summed E-state index contributed by atoms with van der Waals surface area (Å²) < 4.78 is 23.9. The smallest absolute Gasteiger partial charge is 0.189 e. The van der Waals surface area contributed by atoms with Gasteiger partial charge in [0.05, 0.1) is 29.2 Å². The lowest BCUT2D eigenvalue weighted by Crippen LogP contribution is -1.98. The second-order valence-electron chi connectivity index (χ2n) is 5.40. The molecule has 1 aromatic carbocycles. The number of pyridine rings is 1. The molecule has 0 spiro atoms. The van der Waals surface area contributed by atoms with Gasteiger partial charge in [0, 0.05) is 17.8 Å². The highest BCUT2D eigenvalue weighted by Gasteiger charge is 2.20. The molecule has 0 amide bonds. The summed E-state index contributed by atoms with van der Waals surface area (Å²) in [5, 5.41) is 5.75. The van der Waals surface area contributed by atoms with Crippen LogP contribution in [0.2, 0.25) is 1.41 Å². The van der Waals surface area contributed by atoms with Crippen molar-refractivity contribution in [3.63, 3.8) is 0 Å². The average molecular weight is 319 g/mol. The molecule has 0 unspecified atom stereocenters. The summed E-state index contributed by atoms with van der Waals surface area (Å²) in [6.45, 7) is 0. The third-order valence-corrected chi connectivity index (χ3v) is 4.02. The minimum absolute atomic E-state index is 0.365. The number of rotatable bonds is 2. The van der Waals surface area contributed by atoms with E-state index in [0.29, 0.717) is 28.2 Å². The molecule has 0 fully saturated rings. The number of hydrogen-bond acceptors (Lipinski definition) is 3. The van der Waals surface area contributed by atoms with Gasteiger partial charge in [0.2, 0.25) is 0 Å². The standard InChI is InChI=1S/C17H11FN6/c18-13-4-2-1-3-11(13)17-23-14-9-20-16-12(5-6-19-16)15(14)24(17)10-7-21-22-8-10/h1-9H,(H,19,20)(H,21,22)/i/hD. The zero-order valence-corrected chi connectivity index (χ0v) is 12.3. The van der Waals surface area contributed by atoms with Gasteiger partial charge in [-0.2, -0.15) is 5.10 Å². The van der Waals surface area contributed by atoms with E-state index in [2.05, 4.69) is 20.1 Å². The van der Waals surface area contributed by atoms with Crippen LogP contribution in [0.5, 0.6) is 0 Å². The molecule has 0 atom stereocenters. The van der Waals surface area contributed by atoms with Gasteiger partial charge in [0.1, 0.15) is 22.8 Å². The molecule has 116 valence electrons. The SMILES string of the molecule is [2H]n1cc(-n2c(-c3ccccc3F)nc3cnc4[nH]ccc4c32)cn1. The number of H-pyrrole nitrogens is 2. The van der Waals surface area contributed by atoms with E-state index < -0.39 is 0 Å². The van der Waals surface area contributed by atoms with Crippen LogP contribution < -0.4 is 0 Å². The van der Waals surface area contributed by atoms with Gasteiger partial charge >= 0.3 is 0 Å². The van der Waals surface area contributed by atoms with Gasteiger partial charge in [0.15, 0.2) is 1.41 Å². The Morgan fingerprint density at radius 2 is 2.08 bits per heavy atom. The third kappa shape index (κ3) is 1.72. The van der Waals surface area contributed by atoms with Crippen LogP contribution in [0.4, 0.5) is 4.39 Å². The highest BCUT2D eigenvalue weighted by atomic mass is 19.1. The molecule has 0 aliphatic rings. The minimum atomic E-state index is -0.365. The summed E-state index contributed by atoms with van der Waals surface area (Å²) in [6, 6.07) is 8.38. The predicted octanol–water partition coefficient (Wildman–Crippen LogP) is 3.43. The van der Waals surface area contributed by atoms with Crippen LogP contribution in [-0.2, 0) is 0 Å². The van der Waals surface area contributed by atoms with Crippen LogP contribution in [0.15, 0.2) is 55.1 Å². The zero-order valence-electron chi connectivity index (χ0n) is 13.3. The molecule has 5 rings (SSSR count). The number of aromatic amines is 2. The monoisotopic (exact) mass is 319 g/mol. The summed E-state index contributed by atoms with van der Waals surface area (Å²) in [5.74, 6) is 0.0761. The maximum Gasteiger partial charge on any atom is 0.189 e. The van der Waals surface area contributed by atoms with Crippen LogP contribution in [0.25, 0.3) is 39.1 Å². The second kappa shape index (κ2) is 4.76. The van der Waals surface area contributed by atoms with Crippen molar-refractivity contribution in [3.8, 4) is 17.1 Å². The van der Waals surface area contributed by atoms with Crippen LogP contribution in [-0.4, -0.2) is 29.7 Å². The summed E-state index contributed by atoms with van der Waals surface area (Å²) in [4.78, 5) is 12.0. The molecule has 24 heavy (non-hydrogen) atoms. The number of fused-ring (bicyclic) bond motifs is 3. The first-order chi connectivity index (χ1) is 12.2. The molecule has 7 heteroatoms. The molecule has 5 aromatic rings. The quantitative estimate of drug-likeness (QED) is 0.523. The highest BCUT2D eigenvalue weighted by Crippen LogP contribution is 2.32. The summed E-state index contributed by atoms with van der Waals surface area (Å²) >= 11 is 0. The van der Waals surface area contributed by atoms with E-state index in [4.69, 9.17) is 1.41 Å². The van der Waals surface area contributed by atoms with Crippen LogP contribution in [0, 0.1) is 5.82 Å². The van der Waals surface area contributed by atoms with Crippen molar-refractivity contribution < 1.29 is 5.80 Å². The molecular weight excluding hydrogens is 307 g/mol. The average Bonchev–Trinajstić information content (AvgIpc) is 3.31. The molecule has 0 bridgehead atoms. The first-order valence-corrected chi connectivity index (χ1v) is 7.36. The van der Waals surface area contributed by atoms with E-state index in [9.17, 15) is 4.39 Å². The van der Waals surface area contributed by atoms with Crippen LogP contribution in [0.3, 0.4) is 0 Å². The lowest BCUT2D eigenvalue weighted by molar-refractivity contribution is 0.629. The molecule has 0 saturated carbocycles. The number of benzene rings is 1. The van der Waals surface area contributed by atoms with Gasteiger partial charge < -0.3 is 4.98 Å². The zero-order chi connectivity index (χ0) is 17.0. The Kier molecular flexibility index (Phi) is 2.38. The van der Waals surface area contributed by atoms with Gasteiger partial charge in [-0.15, -0.1) is 0 Å². The second-order valence-corrected chi connectivity index (χ2v) is 5.40. The Hall–Kier alpha value is -3.48. The molecule has 2 N–H and O–H groups in total. The molecular formula is C17H11FN6. The van der Waals surface area contributed by atoms with E-state index in [1.54, 1.807) is 43.0 Å².